The van der Waals surface area contributed by atoms with Gasteiger partial charge in [-0.2, -0.15) is 0 Å². The fourth-order valence-electron chi connectivity index (χ4n) is 1.97. The summed E-state index contributed by atoms with van der Waals surface area (Å²) in [5.41, 5.74) is 3.12. The Hall–Kier alpha value is -1.68. The molecule has 2 aromatic heterocycles. The lowest BCUT2D eigenvalue weighted by atomic mass is 10.2. The van der Waals surface area contributed by atoms with Gasteiger partial charge in [-0.15, -0.1) is 0 Å². The highest BCUT2D eigenvalue weighted by molar-refractivity contribution is 5.54. The highest BCUT2D eigenvalue weighted by Gasteiger charge is 2.08. The van der Waals surface area contributed by atoms with E-state index in [1.165, 1.54) is 5.56 Å². The minimum Gasteiger partial charge on any atom is -0.333 e. The molecule has 0 saturated carbocycles. The van der Waals surface area contributed by atoms with Crippen molar-refractivity contribution in [1.82, 2.24) is 19.4 Å². The quantitative estimate of drug-likeness (QED) is 0.826. The number of hydrogen-bond donors (Lipinski definition) is 0. The second-order valence-corrected chi connectivity index (χ2v) is 4.98. The van der Waals surface area contributed by atoms with Gasteiger partial charge < -0.3 is 9.47 Å². The van der Waals surface area contributed by atoms with Crippen LogP contribution in [-0.2, 0) is 6.54 Å². The molecule has 0 aliphatic rings. The molecule has 0 atom stereocenters. The van der Waals surface area contributed by atoms with Crippen LogP contribution in [0.25, 0.3) is 11.4 Å². The molecule has 0 spiro atoms. The van der Waals surface area contributed by atoms with E-state index in [0.29, 0.717) is 0 Å². The van der Waals surface area contributed by atoms with Crippen molar-refractivity contribution in [3.8, 4) is 11.4 Å². The van der Waals surface area contributed by atoms with Gasteiger partial charge in [0, 0.05) is 25.5 Å². The molecule has 2 rings (SSSR count). The molecule has 0 aromatic carbocycles. The Labute approximate surface area is 115 Å². The molecule has 0 aliphatic heterocycles. The van der Waals surface area contributed by atoms with Crippen LogP contribution in [0.3, 0.4) is 0 Å². The maximum atomic E-state index is 4.61. The molecule has 2 heterocycles. The Morgan fingerprint density at radius 1 is 1.26 bits per heavy atom. The van der Waals surface area contributed by atoms with Crippen LogP contribution in [0.2, 0.25) is 0 Å². The summed E-state index contributed by atoms with van der Waals surface area (Å²) in [5, 5.41) is 0. The first-order valence-electron chi connectivity index (χ1n) is 6.75. The Balaban J connectivity index is 2.16. The molecule has 0 N–H and O–H groups in total. The highest BCUT2D eigenvalue weighted by Crippen LogP contribution is 2.17. The summed E-state index contributed by atoms with van der Waals surface area (Å²) in [7, 11) is 2.13. The predicted molar refractivity (Wildman–Crippen MR) is 78.1 cm³/mol. The highest BCUT2D eigenvalue weighted by atomic mass is 15.1. The summed E-state index contributed by atoms with van der Waals surface area (Å²) in [4.78, 5) is 11.3. The van der Waals surface area contributed by atoms with Gasteiger partial charge in [-0.3, -0.25) is 4.98 Å². The van der Waals surface area contributed by atoms with Crippen LogP contribution >= 0.6 is 0 Å². The van der Waals surface area contributed by atoms with Gasteiger partial charge in [-0.1, -0.05) is 6.92 Å². The zero-order chi connectivity index (χ0) is 13.8. The van der Waals surface area contributed by atoms with E-state index in [0.717, 1.165) is 36.8 Å². The van der Waals surface area contributed by atoms with Gasteiger partial charge >= 0.3 is 0 Å². The molecule has 19 heavy (non-hydrogen) atoms. The van der Waals surface area contributed by atoms with E-state index >= 15 is 0 Å². The second kappa shape index (κ2) is 5.97. The van der Waals surface area contributed by atoms with Gasteiger partial charge in [0.1, 0.15) is 11.5 Å². The van der Waals surface area contributed by atoms with Crippen molar-refractivity contribution >= 4 is 0 Å². The normalized spacial score (nSPS) is 11.2. The fourth-order valence-corrected chi connectivity index (χ4v) is 1.97. The number of hydrogen-bond acceptors (Lipinski definition) is 3. The van der Waals surface area contributed by atoms with E-state index in [1.54, 1.807) is 0 Å². The van der Waals surface area contributed by atoms with Crippen molar-refractivity contribution in [3.63, 3.8) is 0 Å². The molecule has 0 fully saturated rings. The van der Waals surface area contributed by atoms with E-state index in [-0.39, 0.29) is 0 Å². The van der Waals surface area contributed by atoms with E-state index < -0.39 is 0 Å². The summed E-state index contributed by atoms with van der Waals surface area (Å²) in [6.07, 6.45) is 3.94. The SMILES string of the molecule is CCN(C)CCn1cc(-c2cc(C)ccn2)nc1C. The number of rotatable bonds is 5. The molecule has 4 nitrogen and oxygen atoms in total. The topological polar surface area (TPSA) is 34.0 Å². The van der Waals surface area contributed by atoms with Crippen molar-refractivity contribution in [2.24, 2.45) is 0 Å². The zero-order valence-electron chi connectivity index (χ0n) is 12.2. The third-order valence-electron chi connectivity index (χ3n) is 3.42. The van der Waals surface area contributed by atoms with Gasteiger partial charge in [0.15, 0.2) is 0 Å². The van der Waals surface area contributed by atoms with Gasteiger partial charge in [-0.05, 0) is 45.1 Å². The molecule has 0 bridgehead atoms. The average Bonchev–Trinajstić information content (AvgIpc) is 2.77. The van der Waals surface area contributed by atoms with E-state index in [4.69, 9.17) is 0 Å². The van der Waals surface area contributed by atoms with Gasteiger partial charge in [0.05, 0.1) is 5.69 Å². The number of aryl methyl sites for hydroxylation is 2. The van der Waals surface area contributed by atoms with Crippen molar-refractivity contribution in [2.75, 3.05) is 20.1 Å². The van der Waals surface area contributed by atoms with Crippen LogP contribution in [0.15, 0.2) is 24.5 Å². The number of imidazole rings is 1. The van der Waals surface area contributed by atoms with E-state index in [1.807, 2.05) is 19.2 Å². The predicted octanol–water partition coefficient (Wildman–Crippen LogP) is 2.51. The van der Waals surface area contributed by atoms with E-state index in [2.05, 4.69) is 52.6 Å². The number of likely N-dealkylation sites (N-methyl/N-ethyl adjacent to an activating group) is 1. The molecule has 102 valence electrons. The smallest absolute Gasteiger partial charge is 0.107 e. The minimum absolute atomic E-state index is 0.950. The van der Waals surface area contributed by atoms with Crippen molar-refractivity contribution in [1.29, 1.82) is 0 Å². The molecule has 0 amide bonds. The van der Waals surface area contributed by atoms with Crippen molar-refractivity contribution < 1.29 is 0 Å². The molecular weight excluding hydrogens is 236 g/mol. The third kappa shape index (κ3) is 3.41. The van der Waals surface area contributed by atoms with Crippen molar-refractivity contribution in [3.05, 3.63) is 35.9 Å². The lowest BCUT2D eigenvalue weighted by Crippen LogP contribution is -2.22. The van der Waals surface area contributed by atoms with Gasteiger partial charge in [0.2, 0.25) is 0 Å². The van der Waals surface area contributed by atoms with Gasteiger partial charge in [0.25, 0.3) is 0 Å². The Bertz CT molecular complexity index is 545. The van der Waals surface area contributed by atoms with Crippen LogP contribution < -0.4 is 0 Å². The number of nitrogens with zero attached hydrogens (tertiary/aromatic N) is 4. The van der Waals surface area contributed by atoms with Gasteiger partial charge in [-0.25, -0.2) is 4.98 Å². The summed E-state index contributed by atoms with van der Waals surface area (Å²) in [5.74, 6) is 1.04. The Morgan fingerprint density at radius 2 is 2.05 bits per heavy atom. The molecule has 2 aromatic rings. The van der Waals surface area contributed by atoms with Crippen LogP contribution in [-0.4, -0.2) is 39.6 Å². The molecule has 0 radical (unpaired) electrons. The first-order chi connectivity index (χ1) is 9.10. The third-order valence-corrected chi connectivity index (χ3v) is 3.42. The van der Waals surface area contributed by atoms with Crippen LogP contribution in [0.4, 0.5) is 0 Å². The summed E-state index contributed by atoms with van der Waals surface area (Å²) >= 11 is 0. The maximum absolute atomic E-state index is 4.61. The molecule has 4 heteroatoms. The second-order valence-electron chi connectivity index (χ2n) is 4.98. The first-order valence-corrected chi connectivity index (χ1v) is 6.75. The zero-order valence-corrected chi connectivity index (χ0v) is 12.2. The lowest BCUT2D eigenvalue weighted by molar-refractivity contribution is 0.334. The number of pyridine rings is 1. The standard InChI is InChI=1S/C15H22N4/c1-5-18(4)8-9-19-11-15(17-13(19)3)14-10-12(2)6-7-16-14/h6-7,10-11H,5,8-9H2,1-4H3. The monoisotopic (exact) mass is 258 g/mol. The fraction of sp³-hybridized carbons (Fsp3) is 0.467. The molecular formula is C15H22N4. The van der Waals surface area contributed by atoms with E-state index in [9.17, 15) is 0 Å². The molecule has 0 aliphatic carbocycles. The van der Waals surface area contributed by atoms with Crippen LogP contribution in [0.1, 0.15) is 18.3 Å². The summed E-state index contributed by atoms with van der Waals surface area (Å²) in [6, 6.07) is 4.08. The molecule has 0 unspecified atom stereocenters. The summed E-state index contributed by atoms with van der Waals surface area (Å²) in [6.45, 7) is 9.36. The lowest BCUT2D eigenvalue weighted by Gasteiger charge is -2.14. The van der Waals surface area contributed by atoms with Crippen molar-refractivity contribution in [2.45, 2.75) is 27.3 Å². The van der Waals surface area contributed by atoms with Crippen LogP contribution in [0, 0.1) is 13.8 Å². The minimum atomic E-state index is 0.950. The van der Waals surface area contributed by atoms with Crippen LogP contribution in [0.5, 0.6) is 0 Å². The maximum Gasteiger partial charge on any atom is 0.107 e. The Kier molecular flexibility index (Phi) is 4.32. The molecule has 0 saturated heterocycles. The first kappa shape index (κ1) is 13.7. The Morgan fingerprint density at radius 3 is 2.74 bits per heavy atom. The summed E-state index contributed by atoms with van der Waals surface area (Å²) < 4.78 is 2.20. The average molecular weight is 258 g/mol. The number of aromatic nitrogens is 3. The largest absolute Gasteiger partial charge is 0.333 e.